The number of nitrogens with zero attached hydrogens (tertiary/aromatic N) is 1. The van der Waals surface area contributed by atoms with Crippen LogP contribution >= 0.6 is 11.3 Å². The van der Waals surface area contributed by atoms with Crippen LogP contribution in [0.4, 0.5) is 13.2 Å². The molecule has 0 aliphatic heterocycles. The van der Waals surface area contributed by atoms with Crippen LogP contribution in [0.2, 0.25) is 0 Å². The number of nitrogens with one attached hydrogen (secondary N) is 2. The van der Waals surface area contributed by atoms with E-state index in [1.807, 2.05) is 30.8 Å². The summed E-state index contributed by atoms with van der Waals surface area (Å²) in [5.74, 6) is -1.55. The Labute approximate surface area is 175 Å². The molecule has 164 valence electrons. The van der Waals surface area contributed by atoms with E-state index in [1.54, 1.807) is 12.1 Å². The minimum atomic E-state index is -5.14. The van der Waals surface area contributed by atoms with Crippen molar-refractivity contribution >= 4 is 23.2 Å². The van der Waals surface area contributed by atoms with E-state index in [0.29, 0.717) is 17.1 Å². The van der Waals surface area contributed by atoms with Crippen LogP contribution in [0.1, 0.15) is 35.2 Å². The van der Waals surface area contributed by atoms with Crippen LogP contribution in [0.15, 0.2) is 23.6 Å². The van der Waals surface area contributed by atoms with Crippen molar-refractivity contribution in [2.75, 3.05) is 0 Å². The molecular weight excluding hydrogens is 423 g/mol. The van der Waals surface area contributed by atoms with Crippen molar-refractivity contribution in [3.63, 3.8) is 0 Å². The molecule has 0 bridgehead atoms. The van der Waals surface area contributed by atoms with Gasteiger partial charge in [0, 0.05) is 11.1 Å². The topological polar surface area (TPSA) is 101 Å². The fourth-order valence-corrected chi connectivity index (χ4v) is 3.36. The number of hydrogen-bond donors (Lipinski definition) is 3. The Hall–Kier alpha value is -2.66. The Morgan fingerprint density at radius 3 is 2.47 bits per heavy atom. The van der Waals surface area contributed by atoms with Crippen LogP contribution in [-0.2, 0) is 15.2 Å². The summed E-state index contributed by atoms with van der Waals surface area (Å²) in [6.07, 6.45) is -7.54. The number of ether oxygens (including phenoxy) is 1. The van der Waals surface area contributed by atoms with Gasteiger partial charge in [-0.3, -0.25) is 20.4 Å². The molecule has 0 spiro atoms. The average molecular weight is 445 g/mol. The molecule has 0 aliphatic carbocycles. The summed E-state index contributed by atoms with van der Waals surface area (Å²) < 4.78 is 45.8. The third-order valence-electron chi connectivity index (χ3n) is 4.41. The predicted molar refractivity (Wildman–Crippen MR) is 104 cm³/mol. The summed E-state index contributed by atoms with van der Waals surface area (Å²) in [6.45, 7) is 6.58. The van der Waals surface area contributed by atoms with Crippen LogP contribution in [0.3, 0.4) is 0 Å². The highest BCUT2D eigenvalue weighted by Gasteiger charge is 2.58. The summed E-state index contributed by atoms with van der Waals surface area (Å²) in [6, 6.07) is 5.30. The summed E-state index contributed by atoms with van der Waals surface area (Å²) in [5.41, 5.74) is 2.48. The largest absolute Gasteiger partial charge is 0.481 e. The summed E-state index contributed by atoms with van der Waals surface area (Å²) in [4.78, 5) is 27.8. The first kappa shape index (κ1) is 23.6. The molecule has 0 fully saturated rings. The summed E-state index contributed by atoms with van der Waals surface area (Å²) >= 11 is 0.590. The van der Waals surface area contributed by atoms with Crippen molar-refractivity contribution in [2.24, 2.45) is 0 Å². The number of alkyl halides is 3. The summed E-state index contributed by atoms with van der Waals surface area (Å²) in [5, 5.41) is 10.8. The van der Waals surface area contributed by atoms with Gasteiger partial charge < -0.3 is 9.84 Å². The maximum absolute atomic E-state index is 13.4. The third-order valence-corrected chi connectivity index (χ3v) is 5.52. The lowest BCUT2D eigenvalue weighted by atomic mass is 9.99. The molecule has 0 radical (unpaired) electrons. The zero-order chi connectivity index (χ0) is 22.7. The Morgan fingerprint density at radius 1 is 1.23 bits per heavy atom. The average Bonchev–Trinajstić information content (AvgIpc) is 3.09. The number of amides is 2. The van der Waals surface area contributed by atoms with Gasteiger partial charge in [0.2, 0.25) is 11.5 Å². The smallest absolute Gasteiger partial charge is 0.424 e. The van der Waals surface area contributed by atoms with E-state index in [9.17, 15) is 27.9 Å². The fraction of sp³-hybridized carbons (Fsp3) is 0.421. The number of rotatable bonds is 6. The molecular formula is C19H22F3N3O4S. The molecule has 0 saturated heterocycles. The van der Waals surface area contributed by atoms with Gasteiger partial charge >= 0.3 is 6.18 Å². The number of carbonyl (C=O) groups is 2. The quantitative estimate of drug-likeness (QED) is 0.594. The number of thiazole rings is 1. The van der Waals surface area contributed by atoms with Crippen molar-refractivity contribution in [1.82, 2.24) is 15.8 Å². The molecule has 0 saturated carbocycles. The number of benzene rings is 1. The van der Waals surface area contributed by atoms with Crippen LogP contribution in [-0.4, -0.2) is 34.2 Å². The van der Waals surface area contributed by atoms with Crippen LogP contribution in [0.5, 0.6) is 5.75 Å². The molecule has 11 heteroatoms. The molecule has 30 heavy (non-hydrogen) atoms. The molecule has 1 heterocycles. The van der Waals surface area contributed by atoms with Gasteiger partial charge in [-0.2, -0.15) is 13.2 Å². The highest BCUT2D eigenvalue weighted by atomic mass is 32.1. The maximum Gasteiger partial charge on any atom is 0.424 e. The standard InChI is InChI=1S/C19H22F3N3O4S/c1-10-6-5-7-14(12(10)3)29-13(4)16(27)25-24-15(26)8-18(28,19(20,21)22)17-23-11(2)9-30-17/h5-7,9,13,28H,8H2,1-4H3,(H,24,26)(H,25,27). The third kappa shape index (κ3) is 5.28. The molecule has 2 aromatic rings. The summed E-state index contributed by atoms with van der Waals surface area (Å²) in [7, 11) is 0. The molecule has 2 atom stereocenters. The maximum atomic E-state index is 13.4. The van der Waals surface area contributed by atoms with Gasteiger partial charge in [0.05, 0.1) is 6.42 Å². The van der Waals surface area contributed by atoms with Crippen molar-refractivity contribution in [3.05, 3.63) is 45.4 Å². The van der Waals surface area contributed by atoms with E-state index in [4.69, 9.17) is 4.74 Å². The zero-order valence-corrected chi connectivity index (χ0v) is 17.6. The van der Waals surface area contributed by atoms with E-state index in [1.165, 1.54) is 19.2 Å². The van der Waals surface area contributed by atoms with Crippen molar-refractivity contribution in [3.8, 4) is 5.75 Å². The molecule has 1 aromatic carbocycles. The van der Waals surface area contributed by atoms with Gasteiger partial charge in [-0.05, 0) is 44.9 Å². The fourth-order valence-electron chi connectivity index (χ4n) is 2.45. The molecule has 2 amide bonds. The number of hydrazine groups is 1. The molecule has 3 N–H and O–H groups in total. The number of aryl methyl sites for hydroxylation is 2. The lowest BCUT2D eigenvalue weighted by Gasteiger charge is -2.28. The second-order valence-electron chi connectivity index (χ2n) is 6.82. The van der Waals surface area contributed by atoms with Gasteiger partial charge in [-0.1, -0.05) is 12.1 Å². The molecule has 0 aliphatic rings. The Balaban J connectivity index is 1.99. The Kier molecular flexibility index (Phi) is 7.09. The van der Waals surface area contributed by atoms with Gasteiger partial charge in [0.25, 0.3) is 5.91 Å². The van der Waals surface area contributed by atoms with E-state index >= 15 is 0 Å². The van der Waals surface area contributed by atoms with Crippen LogP contribution < -0.4 is 15.6 Å². The van der Waals surface area contributed by atoms with Gasteiger partial charge in [0.15, 0.2) is 6.10 Å². The molecule has 1 aromatic heterocycles. The van der Waals surface area contributed by atoms with Crippen molar-refractivity contribution < 1.29 is 32.6 Å². The predicted octanol–water partition coefficient (Wildman–Crippen LogP) is 2.82. The minimum absolute atomic E-state index is 0.281. The van der Waals surface area contributed by atoms with Gasteiger partial charge in [-0.25, -0.2) is 4.98 Å². The van der Waals surface area contributed by atoms with E-state index < -0.39 is 41.1 Å². The first-order chi connectivity index (χ1) is 13.8. The van der Waals surface area contributed by atoms with E-state index in [-0.39, 0.29) is 5.69 Å². The van der Waals surface area contributed by atoms with E-state index in [0.717, 1.165) is 11.1 Å². The lowest BCUT2D eigenvalue weighted by molar-refractivity contribution is -0.267. The molecule has 2 unspecified atom stereocenters. The van der Waals surface area contributed by atoms with Gasteiger partial charge in [0.1, 0.15) is 10.8 Å². The SMILES string of the molecule is Cc1csc(C(O)(CC(=O)NNC(=O)C(C)Oc2cccc(C)c2C)C(F)(F)F)n1. The molecule has 2 rings (SSSR count). The number of carbonyl (C=O) groups excluding carboxylic acids is 2. The second kappa shape index (κ2) is 9.00. The first-order valence-corrected chi connectivity index (χ1v) is 9.76. The number of aliphatic hydroxyl groups is 1. The normalized spacial score (nSPS) is 14.5. The number of hydrogen-bond acceptors (Lipinski definition) is 6. The number of aromatic nitrogens is 1. The minimum Gasteiger partial charge on any atom is -0.481 e. The highest BCUT2D eigenvalue weighted by Crippen LogP contribution is 2.42. The van der Waals surface area contributed by atoms with Gasteiger partial charge in [-0.15, -0.1) is 11.3 Å². The monoisotopic (exact) mass is 445 g/mol. The zero-order valence-electron chi connectivity index (χ0n) is 16.8. The highest BCUT2D eigenvalue weighted by molar-refractivity contribution is 7.09. The second-order valence-corrected chi connectivity index (χ2v) is 7.68. The Morgan fingerprint density at radius 2 is 1.90 bits per heavy atom. The number of halogens is 3. The van der Waals surface area contributed by atoms with Crippen molar-refractivity contribution in [2.45, 2.75) is 52.0 Å². The molecule has 7 nitrogen and oxygen atoms in total. The van der Waals surface area contributed by atoms with Crippen LogP contribution in [0, 0.1) is 20.8 Å². The Bertz CT molecular complexity index is 932. The van der Waals surface area contributed by atoms with E-state index in [2.05, 4.69) is 4.98 Å². The lowest BCUT2D eigenvalue weighted by Crippen LogP contribution is -2.51. The van der Waals surface area contributed by atoms with Crippen molar-refractivity contribution in [1.29, 1.82) is 0 Å². The van der Waals surface area contributed by atoms with Crippen LogP contribution in [0.25, 0.3) is 0 Å². The first-order valence-electron chi connectivity index (χ1n) is 8.88.